The summed E-state index contributed by atoms with van der Waals surface area (Å²) >= 11 is 5.25. The SMILES string of the molecule is C=C1NC(=S)NC(c2ccc(OCC(=O)NCc3ccccc3)c(OC)c2)C1C(=O)OCC. The first-order chi connectivity index (χ1) is 15.9. The predicted octanol–water partition coefficient (Wildman–Crippen LogP) is 2.60. The average molecular weight is 470 g/mol. The molecule has 0 saturated carbocycles. The molecule has 1 aliphatic heterocycles. The summed E-state index contributed by atoms with van der Waals surface area (Å²) in [5, 5.41) is 9.17. The maximum Gasteiger partial charge on any atom is 0.317 e. The lowest BCUT2D eigenvalue weighted by molar-refractivity contribution is -0.147. The second-order valence-corrected chi connectivity index (χ2v) is 7.70. The van der Waals surface area contributed by atoms with Gasteiger partial charge in [-0.2, -0.15) is 0 Å². The van der Waals surface area contributed by atoms with Crippen molar-refractivity contribution in [2.45, 2.75) is 19.5 Å². The van der Waals surface area contributed by atoms with Crippen LogP contribution in [-0.4, -0.2) is 37.3 Å². The molecule has 0 aliphatic carbocycles. The Morgan fingerprint density at radius 3 is 2.61 bits per heavy atom. The molecule has 174 valence electrons. The summed E-state index contributed by atoms with van der Waals surface area (Å²) in [6.07, 6.45) is 0. The van der Waals surface area contributed by atoms with Crippen molar-refractivity contribution >= 4 is 29.2 Å². The van der Waals surface area contributed by atoms with E-state index in [1.54, 1.807) is 25.1 Å². The van der Waals surface area contributed by atoms with Crippen molar-refractivity contribution < 1.29 is 23.8 Å². The van der Waals surface area contributed by atoms with Crippen molar-refractivity contribution in [3.05, 3.63) is 71.9 Å². The number of esters is 1. The molecule has 0 spiro atoms. The number of hydrogen-bond acceptors (Lipinski definition) is 6. The van der Waals surface area contributed by atoms with E-state index in [0.717, 1.165) is 11.1 Å². The standard InChI is InChI=1S/C24H27N3O5S/c1-4-31-23(29)21-15(2)26-24(33)27-22(21)17-10-11-18(19(12-17)30-3)32-14-20(28)25-13-16-8-6-5-7-9-16/h5-12,21-22H,2,4,13-14H2,1,3H3,(H,25,28)(H2,26,27,33). The Kier molecular flexibility index (Phi) is 8.26. The van der Waals surface area contributed by atoms with Gasteiger partial charge in [0.15, 0.2) is 23.2 Å². The van der Waals surface area contributed by atoms with E-state index in [2.05, 4.69) is 22.5 Å². The molecule has 33 heavy (non-hydrogen) atoms. The van der Waals surface area contributed by atoms with Crippen LogP contribution in [0.3, 0.4) is 0 Å². The smallest absolute Gasteiger partial charge is 0.317 e. The number of amides is 1. The molecule has 0 radical (unpaired) electrons. The molecule has 1 aliphatic rings. The summed E-state index contributed by atoms with van der Waals surface area (Å²) in [4.78, 5) is 24.7. The number of hydrogen-bond donors (Lipinski definition) is 3. The van der Waals surface area contributed by atoms with Gasteiger partial charge in [-0.3, -0.25) is 9.59 Å². The molecule has 8 nitrogen and oxygen atoms in total. The van der Waals surface area contributed by atoms with Crippen LogP contribution in [0.25, 0.3) is 0 Å². The lowest BCUT2D eigenvalue weighted by Gasteiger charge is -2.35. The second-order valence-electron chi connectivity index (χ2n) is 7.29. The van der Waals surface area contributed by atoms with Crippen LogP contribution in [0.5, 0.6) is 11.5 Å². The number of methoxy groups -OCH3 is 1. The van der Waals surface area contributed by atoms with E-state index in [9.17, 15) is 9.59 Å². The van der Waals surface area contributed by atoms with Gasteiger partial charge in [0.1, 0.15) is 5.92 Å². The van der Waals surface area contributed by atoms with Crippen LogP contribution in [0.15, 0.2) is 60.8 Å². The molecule has 2 aromatic rings. The van der Waals surface area contributed by atoms with Gasteiger partial charge in [0.2, 0.25) is 0 Å². The second kappa shape index (κ2) is 11.3. The third kappa shape index (κ3) is 6.23. The van der Waals surface area contributed by atoms with Crippen molar-refractivity contribution in [3.63, 3.8) is 0 Å². The highest BCUT2D eigenvalue weighted by Gasteiger charge is 2.38. The largest absolute Gasteiger partial charge is 0.493 e. The Labute approximate surface area is 198 Å². The first-order valence-electron chi connectivity index (χ1n) is 10.5. The topological polar surface area (TPSA) is 97.9 Å². The number of carbonyl (C=O) groups excluding carboxylic acids is 2. The molecule has 3 N–H and O–H groups in total. The lowest BCUT2D eigenvalue weighted by atomic mass is 9.89. The van der Waals surface area contributed by atoms with E-state index in [1.807, 2.05) is 30.3 Å². The highest BCUT2D eigenvalue weighted by molar-refractivity contribution is 7.80. The summed E-state index contributed by atoms with van der Waals surface area (Å²) in [5.41, 5.74) is 2.19. The predicted molar refractivity (Wildman–Crippen MR) is 128 cm³/mol. The van der Waals surface area contributed by atoms with Crippen LogP contribution in [0.1, 0.15) is 24.1 Å². The first kappa shape index (κ1) is 24.1. The zero-order valence-electron chi connectivity index (χ0n) is 18.6. The van der Waals surface area contributed by atoms with E-state index >= 15 is 0 Å². The van der Waals surface area contributed by atoms with E-state index in [1.165, 1.54) is 7.11 Å². The monoisotopic (exact) mass is 469 g/mol. The summed E-state index contributed by atoms with van der Waals surface area (Å²) in [6.45, 7) is 6.18. The molecule has 3 rings (SSSR count). The van der Waals surface area contributed by atoms with Gasteiger partial charge >= 0.3 is 5.97 Å². The summed E-state index contributed by atoms with van der Waals surface area (Å²) < 4.78 is 16.4. The highest BCUT2D eigenvalue weighted by atomic mass is 32.1. The minimum Gasteiger partial charge on any atom is -0.493 e. The van der Waals surface area contributed by atoms with Gasteiger partial charge < -0.3 is 30.2 Å². The van der Waals surface area contributed by atoms with Crippen molar-refractivity contribution in [1.29, 1.82) is 0 Å². The fraction of sp³-hybridized carbons (Fsp3) is 0.292. The van der Waals surface area contributed by atoms with Crippen LogP contribution in [0.2, 0.25) is 0 Å². The van der Waals surface area contributed by atoms with E-state index in [-0.39, 0.29) is 19.1 Å². The number of rotatable bonds is 9. The highest BCUT2D eigenvalue weighted by Crippen LogP contribution is 2.36. The van der Waals surface area contributed by atoms with Gasteiger partial charge in [0.25, 0.3) is 5.91 Å². The Morgan fingerprint density at radius 1 is 1.15 bits per heavy atom. The number of benzene rings is 2. The van der Waals surface area contributed by atoms with Crippen LogP contribution in [0, 0.1) is 5.92 Å². The minimum atomic E-state index is -0.683. The van der Waals surface area contributed by atoms with E-state index in [0.29, 0.717) is 28.9 Å². The maximum atomic E-state index is 12.6. The van der Waals surface area contributed by atoms with Gasteiger partial charge in [-0.05, 0) is 42.4 Å². The third-order valence-corrected chi connectivity index (χ3v) is 5.27. The first-order valence-corrected chi connectivity index (χ1v) is 10.9. The summed E-state index contributed by atoms with van der Waals surface area (Å²) in [7, 11) is 1.50. The van der Waals surface area contributed by atoms with Crippen LogP contribution < -0.4 is 25.4 Å². The van der Waals surface area contributed by atoms with E-state index in [4.69, 9.17) is 26.4 Å². The van der Waals surface area contributed by atoms with Crippen molar-refractivity contribution in [2.75, 3.05) is 20.3 Å². The molecule has 1 amide bonds. The zero-order valence-corrected chi connectivity index (χ0v) is 19.4. The number of carbonyl (C=O) groups is 2. The number of thiocarbonyl (C=S) groups is 1. The normalized spacial score (nSPS) is 17.4. The fourth-order valence-corrected chi connectivity index (χ4v) is 3.72. The molecule has 1 fully saturated rings. The molecule has 2 unspecified atom stereocenters. The van der Waals surface area contributed by atoms with Gasteiger partial charge in [0.05, 0.1) is 19.8 Å². The van der Waals surface area contributed by atoms with Gasteiger partial charge in [-0.25, -0.2) is 0 Å². The maximum absolute atomic E-state index is 12.6. The quantitative estimate of drug-likeness (QED) is 0.381. The Balaban J connectivity index is 1.70. The van der Waals surface area contributed by atoms with Crippen LogP contribution in [-0.2, 0) is 20.9 Å². The Bertz CT molecular complexity index is 1030. The van der Waals surface area contributed by atoms with Crippen LogP contribution >= 0.6 is 12.2 Å². The molecular weight excluding hydrogens is 442 g/mol. The van der Waals surface area contributed by atoms with Crippen molar-refractivity contribution in [3.8, 4) is 11.5 Å². The Hall–Kier alpha value is -3.59. The molecule has 2 atom stereocenters. The van der Waals surface area contributed by atoms with Crippen LogP contribution in [0.4, 0.5) is 0 Å². The minimum absolute atomic E-state index is 0.166. The molecule has 0 bridgehead atoms. The molecule has 1 saturated heterocycles. The number of nitrogens with one attached hydrogen (secondary N) is 3. The third-order valence-electron chi connectivity index (χ3n) is 5.05. The van der Waals surface area contributed by atoms with Gasteiger partial charge in [0, 0.05) is 12.2 Å². The summed E-state index contributed by atoms with van der Waals surface area (Å²) in [6, 6.07) is 14.3. The molecule has 2 aromatic carbocycles. The summed E-state index contributed by atoms with van der Waals surface area (Å²) in [5.74, 6) is -0.530. The molecule has 1 heterocycles. The lowest BCUT2D eigenvalue weighted by Crippen LogP contribution is -2.51. The molecule has 0 aromatic heterocycles. The average Bonchev–Trinajstić information content (AvgIpc) is 2.81. The van der Waals surface area contributed by atoms with Crippen molar-refractivity contribution in [1.82, 2.24) is 16.0 Å². The van der Waals surface area contributed by atoms with Gasteiger partial charge in [-0.15, -0.1) is 0 Å². The van der Waals surface area contributed by atoms with E-state index < -0.39 is 17.9 Å². The fourth-order valence-electron chi connectivity index (χ4n) is 3.46. The van der Waals surface area contributed by atoms with Gasteiger partial charge in [-0.1, -0.05) is 43.0 Å². The zero-order chi connectivity index (χ0) is 23.8. The Morgan fingerprint density at radius 2 is 1.91 bits per heavy atom. The van der Waals surface area contributed by atoms with Crippen molar-refractivity contribution in [2.24, 2.45) is 5.92 Å². The molecular formula is C24H27N3O5S. The number of ether oxygens (including phenoxy) is 3. The molecule has 9 heteroatoms.